The predicted molar refractivity (Wildman–Crippen MR) is 79.9 cm³/mol. The van der Waals surface area contributed by atoms with Gasteiger partial charge in [0.2, 0.25) is 11.8 Å². The van der Waals surface area contributed by atoms with Crippen molar-refractivity contribution in [2.45, 2.75) is 18.3 Å². The average Bonchev–Trinajstić information content (AvgIpc) is 3.13. The van der Waals surface area contributed by atoms with Gasteiger partial charge >= 0.3 is 0 Å². The van der Waals surface area contributed by atoms with E-state index in [1.165, 1.54) is 4.57 Å². The molecule has 4 nitrogen and oxygen atoms in total. The standard InChI is InChI=1S/C16H14ClNO3/c1-21-12-5-4-10(17)7-11(12)18-15(19)13-8-2-3-9(6-8)14(13)16(18)20/h2-5,7-9,19-20H,6H2,1H3. The van der Waals surface area contributed by atoms with Gasteiger partial charge in [-0.2, -0.15) is 0 Å². The monoisotopic (exact) mass is 303 g/mol. The van der Waals surface area contributed by atoms with E-state index in [2.05, 4.69) is 12.2 Å². The van der Waals surface area contributed by atoms with E-state index in [1.54, 1.807) is 25.3 Å². The number of aromatic hydroxyl groups is 2. The molecule has 0 radical (unpaired) electrons. The molecule has 0 aliphatic heterocycles. The summed E-state index contributed by atoms with van der Waals surface area (Å²) in [6.07, 6.45) is 5.11. The number of hydrogen-bond donors (Lipinski definition) is 2. The minimum Gasteiger partial charge on any atom is -0.495 e. The van der Waals surface area contributed by atoms with Gasteiger partial charge < -0.3 is 14.9 Å². The Morgan fingerprint density at radius 2 is 1.76 bits per heavy atom. The molecule has 1 aromatic carbocycles. The second-order valence-corrected chi connectivity index (χ2v) is 5.90. The quantitative estimate of drug-likeness (QED) is 0.832. The minimum absolute atomic E-state index is 0.0694. The van der Waals surface area contributed by atoms with Crippen molar-refractivity contribution in [2.75, 3.05) is 7.11 Å². The summed E-state index contributed by atoms with van der Waals surface area (Å²) in [5.74, 6) is 1.04. The highest BCUT2D eigenvalue weighted by atomic mass is 35.5. The molecule has 2 N–H and O–H groups in total. The fourth-order valence-electron chi connectivity index (χ4n) is 3.51. The van der Waals surface area contributed by atoms with E-state index in [4.69, 9.17) is 16.3 Å². The summed E-state index contributed by atoms with van der Waals surface area (Å²) in [6, 6.07) is 5.10. The molecule has 5 heteroatoms. The largest absolute Gasteiger partial charge is 0.495 e. The Morgan fingerprint density at radius 3 is 2.33 bits per heavy atom. The summed E-state index contributed by atoms with van der Waals surface area (Å²) in [5.41, 5.74) is 2.18. The van der Waals surface area contributed by atoms with Gasteiger partial charge in [-0.25, -0.2) is 4.57 Å². The Hall–Kier alpha value is -2.07. The third-order valence-electron chi connectivity index (χ3n) is 4.40. The van der Waals surface area contributed by atoms with Crippen LogP contribution in [0.15, 0.2) is 30.4 Å². The summed E-state index contributed by atoms with van der Waals surface area (Å²) >= 11 is 6.05. The Morgan fingerprint density at radius 1 is 1.14 bits per heavy atom. The lowest BCUT2D eigenvalue weighted by Crippen LogP contribution is -1.99. The highest BCUT2D eigenvalue weighted by molar-refractivity contribution is 6.30. The summed E-state index contributed by atoms with van der Waals surface area (Å²) < 4.78 is 6.74. The molecule has 21 heavy (non-hydrogen) atoms. The van der Waals surface area contributed by atoms with Crippen molar-refractivity contribution in [3.05, 3.63) is 46.5 Å². The van der Waals surface area contributed by atoms with Crippen LogP contribution >= 0.6 is 11.6 Å². The molecule has 0 fully saturated rings. The molecule has 2 aromatic rings. The van der Waals surface area contributed by atoms with Crippen LogP contribution in [0.3, 0.4) is 0 Å². The van der Waals surface area contributed by atoms with Crippen LogP contribution in [-0.4, -0.2) is 21.9 Å². The van der Waals surface area contributed by atoms with E-state index >= 15 is 0 Å². The number of methoxy groups -OCH3 is 1. The van der Waals surface area contributed by atoms with Crippen LogP contribution in [0, 0.1) is 0 Å². The van der Waals surface area contributed by atoms with E-state index in [1.807, 2.05) is 0 Å². The molecule has 2 unspecified atom stereocenters. The first-order chi connectivity index (χ1) is 10.1. The molecule has 2 bridgehead atoms. The number of benzene rings is 1. The van der Waals surface area contributed by atoms with Crippen LogP contribution in [0.5, 0.6) is 17.5 Å². The smallest absolute Gasteiger partial charge is 0.202 e. The van der Waals surface area contributed by atoms with E-state index in [9.17, 15) is 10.2 Å². The Balaban J connectivity index is 1.98. The first-order valence-electron chi connectivity index (χ1n) is 6.80. The number of ether oxygens (including phenoxy) is 1. The zero-order valence-electron chi connectivity index (χ0n) is 11.4. The Kier molecular flexibility index (Phi) is 2.54. The van der Waals surface area contributed by atoms with Crippen molar-refractivity contribution in [1.82, 2.24) is 4.57 Å². The van der Waals surface area contributed by atoms with Gasteiger partial charge in [0.15, 0.2) is 0 Å². The normalized spacial score (nSPS) is 21.8. The number of fused-ring (bicyclic) bond motifs is 5. The van der Waals surface area contributed by atoms with Crippen molar-refractivity contribution < 1.29 is 14.9 Å². The van der Waals surface area contributed by atoms with Crippen molar-refractivity contribution in [2.24, 2.45) is 0 Å². The van der Waals surface area contributed by atoms with Crippen LogP contribution in [-0.2, 0) is 0 Å². The molecule has 0 amide bonds. The molecule has 2 atom stereocenters. The van der Waals surface area contributed by atoms with E-state index in [0.29, 0.717) is 16.5 Å². The third kappa shape index (κ3) is 1.56. The predicted octanol–water partition coefficient (Wildman–Crippen LogP) is 3.69. The minimum atomic E-state index is 0.0694. The lowest BCUT2D eigenvalue weighted by molar-refractivity contribution is 0.382. The molecule has 2 aliphatic rings. The maximum Gasteiger partial charge on any atom is 0.202 e. The van der Waals surface area contributed by atoms with Crippen LogP contribution in [0.25, 0.3) is 5.69 Å². The van der Waals surface area contributed by atoms with Crippen LogP contribution < -0.4 is 4.74 Å². The van der Waals surface area contributed by atoms with Gasteiger partial charge in [0.1, 0.15) is 5.75 Å². The zero-order valence-corrected chi connectivity index (χ0v) is 12.1. The van der Waals surface area contributed by atoms with Crippen LogP contribution in [0.1, 0.15) is 29.4 Å². The summed E-state index contributed by atoms with van der Waals surface area (Å²) in [7, 11) is 1.54. The van der Waals surface area contributed by atoms with Gasteiger partial charge in [0.05, 0.1) is 12.8 Å². The summed E-state index contributed by atoms with van der Waals surface area (Å²) in [6.45, 7) is 0. The third-order valence-corrected chi connectivity index (χ3v) is 4.64. The topological polar surface area (TPSA) is 54.6 Å². The number of nitrogens with zero attached hydrogens (tertiary/aromatic N) is 1. The molecule has 2 aliphatic carbocycles. The lowest BCUT2D eigenvalue weighted by atomic mass is 10.0. The molecule has 0 saturated heterocycles. The van der Waals surface area contributed by atoms with Crippen molar-refractivity contribution >= 4 is 11.6 Å². The molecule has 1 aromatic heterocycles. The van der Waals surface area contributed by atoms with Gasteiger partial charge in [-0.1, -0.05) is 23.8 Å². The first kappa shape index (κ1) is 12.7. The number of aromatic nitrogens is 1. The second kappa shape index (κ2) is 4.21. The van der Waals surface area contributed by atoms with Gasteiger partial charge in [-0.15, -0.1) is 0 Å². The second-order valence-electron chi connectivity index (χ2n) is 5.46. The molecule has 0 spiro atoms. The summed E-state index contributed by atoms with van der Waals surface area (Å²) in [5, 5.41) is 21.7. The maximum atomic E-state index is 10.6. The molecular formula is C16H14ClNO3. The van der Waals surface area contributed by atoms with E-state index in [0.717, 1.165) is 17.5 Å². The Labute approximate surface area is 126 Å². The number of hydrogen-bond acceptors (Lipinski definition) is 3. The lowest BCUT2D eigenvalue weighted by Gasteiger charge is -2.13. The molecule has 1 heterocycles. The Bertz CT molecular complexity index is 743. The number of rotatable bonds is 2. The van der Waals surface area contributed by atoms with E-state index in [-0.39, 0.29) is 23.6 Å². The number of allylic oxidation sites excluding steroid dienone is 2. The average molecular weight is 304 g/mol. The van der Waals surface area contributed by atoms with Gasteiger partial charge in [-0.3, -0.25) is 0 Å². The highest BCUT2D eigenvalue weighted by Crippen LogP contribution is 2.57. The SMILES string of the molecule is COc1ccc(Cl)cc1-n1c(O)c2c(c1O)C1C=CC2C1. The van der Waals surface area contributed by atoms with Gasteiger partial charge in [-0.05, 0) is 24.6 Å². The fourth-order valence-corrected chi connectivity index (χ4v) is 3.67. The van der Waals surface area contributed by atoms with Crippen molar-refractivity contribution in [3.8, 4) is 23.2 Å². The fraction of sp³-hybridized carbons (Fsp3) is 0.250. The van der Waals surface area contributed by atoms with Crippen LogP contribution in [0.2, 0.25) is 5.02 Å². The first-order valence-corrected chi connectivity index (χ1v) is 7.18. The van der Waals surface area contributed by atoms with E-state index < -0.39 is 0 Å². The van der Waals surface area contributed by atoms with Gasteiger partial charge in [0, 0.05) is 28.0 Å². The maximum absolute atomic E-state index is 10.6. The van der Waals surface area contributed by atoms with Crippen molar-refractivity contribution in [1.29, 1.82) is 0 Å². The van der Waals surface area contributed by atoms with Crippen LogP contribution in [0.4, 0.5) is 0 Å². The molecular weight excluding hydrogens is 290 g/mol. The van der Waals surface area contributed by atoms with Crippen molar-refractivity contribution in [3.63, 3.8) is 0 Å². The molecule has 4 rings (SSSR count). The zero-order chi connectivity index (χ0) is 14.7. The number of halogens is 1. The molecule has 108 valence electrons. The highest BCUT2D eigenvalue weighted by Gasteiger charge is 2.41. The van der Waals surface area contributed by atoms with Gasteiger partial charge in [0.25, 0.3) is 0 Å². The summed E-state index contributed by atoms with van der Waals surface area (Å²) in [4.78, 5) is 0. The molecule has 0 saturated carbocycles.